The van der Waals surface area contributed by atoms with E-state index in [0.717, 1.165) is 10.0 Å². The van der Waals surface area contributed by atoms with E-state index in [1.807, 2.05) is 26.0 Å². The number of anilines is 1. The average Bonchev–Trinajstić information content (AvgIpc) is 2.31. The SMILES string of the molecule is CCC(C)(C#N)C(=O)Nc1ncc(Br)cc1C. The molecule has 1 amide bonds. The standard InChI is InChI=1S/C12H14BrN3O/c1-4-12(3,7-14)11(17)16-10-8(2)5-9(13)6-15-10/h5-6H,4H2,1-3H3,(H,15,16,17). The monoisotopic (exact) mass is 295 g/mol. The molecule has 0 aliphatic rings. The second kappa shape index (κ2) is 5.28. The van der Waals surface area contributed by atoms with Gasteiger partial charge in [-0.1, -0.05) is 6.92 Å². The molecule has 0 fully saturated rings. The first kappa shape index (κ1) is 13.7. The van der Waals surface area contributed by atoms with Crippen molar-refractivity contribution in [1.29, 1.82) is 5.26 Å². The fraction of sp³-hybridized carbons (Fsp3) is 0.417. The number of aryl methyl sites for hydroxylation is 1. The molecular weight excluding hydrogens is 282 g/mol. The highest BCUT2D eigenvalue weighted by molar-refractivity contribution is 9.10. The molecule has 17 heavy (non-hydrogen) atoms. The summed E-state index contributed by atoms with van der Waals surface area (Å²) in [5, 5.41) is 11.7. The van der Waals surface area contributed by atoms with Crippen LogP contribution in [0.15, 0.2) is 16.7 Å². The van der Waals surface area contributed by atoms with Crippen molar-refractivity contribution in [1.82, 2.24) is 4.98 Å². The van der Waals surface area contributed by atoms with E-state index in [4.69, 9.17) is 5.26 Å². The Bertz CT molecular complexity index is 481. The zero-order chi connectivity index (χ0) is 13.1. The Morgan fingerprint density at radius 1 is 1.71 bits per heavy atom. The Kier molecular flexibility index (Phi) is 4.24. The van der Waals surface area contributed by atoms with Crippen LogP contribution in [0.2, 0.25) is 0 Å². The van der Waals surface area contributed by atoms with Crippen LogP contribution in [0.4, 0.5) is 5.82 Å². The van der Waals surface area contributed by atoms with Crippen LogP contribution in [0.25, 0.3) is 0 Å². The van der Waals surface area contributed by atoms with Gasteiger partial charge in [0.15, 0.2) is 0 Å². The topological polar surface area (TPSA) is 65.8 Å². The Hall–Kier alpha value is -1.41. The van der Waals surface area contributed by atoms with E-state index in [0.29, 0.717) is 12.2 Å². The third-order valence-electron chi connectivity index (χ3n) is 2.73. The number of carbonyl (C=O) groups excluding carboxylic acids is 1. The summed E-state index contributed by atoms with van der Waals surface area (Å²) in [6.07, 6.45) is 2.07. The molecule has 1 heterocycles. The van der Waals surface area contributed by atoms with Crippen molar-refractivity contribution in [2.75, 3.05) is 5.32 Å². The van der Waals surface area contributed by atoms with E-state index in [9.17, 15) is 4.79 Å². The highest BCUT2D eigenvalue weighted by Gasteiger charge is 2.31. The van der Waals surface area contributed by atoms with Gasteiger partial charge in [-0.15, -0.1) is 0 Å². The lowest BCUT2D eigenvalue weighted by Crippen LogP contribution is -2.32. The van der Waals surface area contributed by atoms with Gasteiger partial charge in [0.2, 0.25) is 5.91 Å². The van der Waals surface area contributed by atoms with Gasteiger partial charge in [0.25, 0.3) is 0 Å². The molecule has 1 rings (SSSR count). The first-order valence-electron chi connectivity index (χ1n) is 5.28. The zero-order valence-electron chi connectivity index (χ0n) is 10.0. The van der Waals surface area contributed by atoms with Crippen LogP contribution >= 0.6 is 15.9 Å². The lowest BCUT2D eigenvalue weighted by atomic mass is 9.88. The minimum absolute atomic E-state index is 0.319. The van der Waals surface area contributed by atoms with Crippen molar-refractivity contribution in [3.05, 3.63) is 22.3 Å². The normalized spacial score (nSPS) is 13.6. The van der Waals surface area contributed by atoms with Gasteiger partial charge in [0, 0.05) is 10.7 Å². The molecule has 1 aromatic heterocycles. The van der Waals surface area contributed by atoms with E-state index in [1.54, 1.807) is 13.1 Å². The molecule has 0 aliphatic carbocycles. The lowest BCUT2D eigenvalue weighted by molar-refractivity contribution is -0.122. The molecule has 4 nitrogen and oxygen atoms in total. The summed E-state index contributed by atoms with van der Waals surface area (Å²) in [4.78, 5) is 16.1. The number of nitrogens with zero attached hydrogens (tertiary/aromatic N) is 2. The zero-order valence-corrected chi connectivity index (χ0v) is 11.6. The van der Waals surface area contributed by atoms with Gasteiger partial charge < -0.3 is 5.32 Å². The number of nitriles is 1. The predicted molar refractivity (Wildman–Crippen MR) is 69.3 cm³/mol. The largest absolute Gasteiger partial charge is 0.309 e. The molecule has 0 aromatic carbocycles. The smallest absolute Gasteiger partial charge is 0.245 e. The van der Waals surface area contributed by atoms with Gasteiger partial charge in [0.1, 0.15) is 11.2 Å². The summed E-state index contributed by atoms with van der Waals surface area (Å²) in [6.45, 7) is 5.28. The number of nitrogens with one attached hydrogen (secondary N) is 1. The van der Waals surface area contributed by atoms with Crippen molar-refractivity contribution in [2.45, 2.75) is 27.2 Å². The van der Waals surface area contributed by atoms with Crippen molar-refractivity contribution >= 4 is 27.7 Å². The molecule has 90 valence electrons. The van der Waals surface area contributed by atoms with Gasteiger partial charge in [0.05, 0.1) is 6.07 Å². The van der Waals surface area contributed by atoms with Gasteiger partial charge in [-0.3, -0.25) is 4.79 Å². The Morgan fingerprint density at radius 2 is 2.35 bits per heavy atom. The maximum atomic E-state index is 11.9. The van der Waals surface area contributed by atoms with Gasteiger partial charge in [-0.2, -0.15) is 5.26 Å². The number of halogens is 1. The summed E-state index contributed by atoms with van der Waals surface area (Å²) in [5.74, 6) is 0.175. The number of aromatic nitrogens is 1. The first-order chi connectivity index (χ1) is 7.92. The van der Waals surface area contributed by atoms with E-state index >= 15 is 0 Å². The molecule has 5 heteroatoms. The van der Waals surface area contributed by atoms with Gasteiger partial charge in [-0.25, -0.2) is 4.98 Å². The fourth-order valence-electron chi connectivity index (χ4n) is 1.21. The van der Waals surface area contributed by atoms with Crippen LogP contribution < -0.4 is 5.32 Å². The van der Waals surface area contributed by atoms with E-state index in [2.05, 4.69) is 26.2 Å². The summed E-state index contributed by atoms with van der Waals surface area (Å²) in [6, 6.07) is 3.89. The van der Waals surface area contributed by atoms with E-state index < -0.39 is 5.41 Å². The number of carbonyl (C=O) groups is 1. The van der Waals surface area contributed by atoms with Crippen LogP contribution in [0, 0.1) is 23.7 Å². The second-order valence-electron chi connectivity index (χ2n) is 4.07. The van der Waals surface area contributed by atoms with Crippen molar-refractivity contribution in [2.24, 2.45) is 5.41 Å². The maximum Gasteiger partial charge on any atom is 0.245 e. The van der Waals surface area contributed by atoms with Crippen molar-refractivity contribution in [3.63, 3.8) is 0 Å². The Balaban J connectivity index is 2.93. The highest BCUT2D eigenvalue weighted by atomic mass is 79.9. The number of amides is 1. The minimum Gasteiger partial charge on any atom is -0.309 e. The van der Waals surface area contributed by atoms with E-state index in [-0.39, 0.29) is 5.91 Å². The number of hydrogen-bond acceptors (Lipinski definition) is 3. The third-order valence-corrected chi connectivity index (χ3v) is 3.17. The molecule has 1 unspecified atom stereocenters. The summed E-state index contributed by atoms with van der Waals surface area (Å²) in [7, 11) is 0. The van der Waals surface area contributed by atoms with Crippen LogP contribution in [0.5, 0.6) is 0 Å². The molecule has 0 radical (unpaired) electrons. The summed E-state index contributed by atoms with van der Waals surface area (Å²) >= 11 is 3.30. The molecule has 1 aromatic rings. The fourth-order valence-corrected chi connectivity index (χ4v) is 1.65. The van der Waals surface area contributed by atoms with Crippen LogP contribution in [-0.2, 0) is 4.79 Å². The molecule has 0 saturated carbocycles. The molecule has 0 bridgehead atoms. The molecule has 0 saturated heterocycles. The molecule has 0 aliphatic heterocycles. The Labute approximate surface area is 109 Å². The number of pyridine rings is 1. The van der Waals surface area contributed by atoms with Crippen molar-refractivity contribution in [3.8, 4) is 6.07 Å². The predicted octanol–water partition coefficient (Wildman–Crippen LogP) is 3.03. The third kappa shape index (κ3) is 3.04. The summed E-state index contributed by atoms with van der Waals surface area (Å²) < 4.78 is 0.853. The molecule has 1 atom stereocenters. The van der Waals surface area contributed by atoms with Crippen molar-refractivity contribution < 1.29 is 4.79 Å². The Morgan fingerprint density at radius 3 is 2.82 bits per heavy atom. The maximum absolute atomic E-state index is 11.9. The van der Waals surface area contributed by atoms with Crippen LogP contribution in [0.3, 0.4) is 0 Å². The van der Waals surface area contributed by atoms with E-state index in [1.165, 1.54) is 0 Å². The molecule has 0 spiro atoms. The first-order valence-corrected chi connectivity index (χ1v) is 6.07. The minimum atomic E-state index is -1.01. The molecule has 1 N–H and O–H groups in total. The average molecular weight is 296 g/mol. The molecular formula is C12H14BrN3O. The summed E-state index contributed by atoms with van der Waals surface area (Å²) in [5.41, 5.74) is -0.162. The number of rotatable bonds is 3. The lowest BCUT2D eigenvalue weighted by Gasteiger charge is -2.18. The van der Waals surface area contributed by atoms with Crippen LogP contribution in [-0.4, -0.2) is 10.9 Å². The van der Waals surface area contributed by atoms with Gasteiger partial charge in [-0.05, 0) is 47.8 Å². The second-order valence-corrected chi connectivity index (χ2v) is 4.99. The quantitative estimate of drug-likeness (QED) is 0.932. The highest BCUT2D eigenvalue weighted by Crippen LogP contribution is 2.23. The van der Waals surface area contributed by atoms with Gasteiger partial charge >= 0.3 is 0 Å². The van der Waals surface area contributed by atoms with Crippen LogP contribution in [0.1, 0.15) is 25.8 Å². The number of hydrogen-bond donors (Lipinski definition) is 1.